The minimum Gasteiger partial charge on any atom is -0.497 e. The zero-order chi connectivity index (χ0) is 24.8. The van der Waals surface area contributed by atoms with Gasteiger partial charge in [0.25, 0.3) is 0 Å². The van der Waals surface area contributed by atoms with Crippen LogP contribution in [-0.2, 0) is 4.74 Å². The van der Waals surface area contributed by atoms with Gasteiger partial charge < -0.3 is 25.8 Å². The molecule has 1 aromatic heterocycles. The summed E-state index contributed by atoms with van der Waals surface area (Å²) in [6.07, 6.45) is 0. The number of morpholine rings is 1. The van der Waals surface area contributed by atoms with Gasteiger partial charge in [0.15, 0.2) is 0 Å². The quantitative estimate of drug-likeness (QED) is 0.308. The highest BCUT2D eigenvalue weighted by Crippen LogP contribution is 2.32. The molecule has 11 heteroatoms. The number of benzene rings is 2. The fourth-order valence-corrected chi connectivity index (χ4v) is 3.95. The van der Waals surface area contributed by atoms with Gasteiger partial charge in [0.2, 0.25) is 17.6 Å². The Kier molecular flexibility index (Phi) is 7.58. The molecule has 0 bridgehead atoms. The van der Waals surface area contributed by atoms with Crippen molar-refractivity contribution in [3.8, 4) is 5.75 Å². The van der Waals surface area contributed by atoms with Crippen molar-refractivity contribution in [2.24, 2.45) is 0 Å². The first-order chi connectivity index (χ1) is 16.9. The third kappa shape index (κ3) is 5.94. The molecular weight excluding hydrogens is 450 g/mol. The lowest BCUT2D eigenvalue weighted by atomic mass is 10.0. The van der Waals surface area contributed by atoms with Gasteiger partial charge in [0.1, 0.15) is 5.75 Å². The highest BCUT2D eigenvalue weighted by atomic mass is 16.6. The van der Waals surface area contributed by atoms with E-state index in [1.165, 1.54) is 0 Å². The smallest absolute Gasteiger partial charge is 0.353 e. The van der Waals surface area contributed by atoms with E-state index in [0.29, 0.717) is 25.4 Å². The molecule has 0 aliphatic carbocycles. The average molecular weight is 480 g/mol. The van der Waals surface area contributed by atoms with Crippen LogP contribution in [0.1, 0.15) is 17.2 Å². The number of aromatic nitrogens is 2. The first-order valence-electron chi connectivity index (χ1n) is 11.3. The molecule has 0 spiro atoms. The van der Waals surface area contributed by atoms with Gasteiger partial charge in [-0.2, -0.15) is 9.97 Å². The van der Waals surface area contributed by atoms with Crippen LogP contribution in [0.5, 0.6) is 5.75 Å². The lowest BCUT2D eigenvalue weighted by molar-refractivity contribution is -0.383. The zero-order valence-corrected chi connectivity index (χ0v) is 19.7. The zero-order valence-electron chi connectivity index (χ0n) is 19.7. The Labute approximate surface area is 203 Å². The molecule has 0 amide bonds. The van der Waals surface area contributed by atoms with Crippen LogP contribution in [0.4, 0.5) is 29.0 Å². The minimum atomic E-state index is -0.580. The second-order valence-corrected chi connectivity index (χ2v) is 8.20. The van der Waals surface area contributed by atoms with Crippen molar-refractivity contribution in [3.05, 3.63) is 69.8 Å². The molecule has 0 saturated carbocycles. The van der Waals surface area contributed by atoms with E-state index in [-0.39, 0.29) is 29.3 Å². The fourth-order valence-electron chi connectivity index (χ4n) is 3.95. The van der Waals surface area contributed by atoms with E-state index in [2.05, 4.69) is 25.5 Å². The van der Waals surface area contributed by atoms with Gasteiger partial charge in [-0.25, -0.2) is 0 Å². The molecule has 4 N–H and O–H groups in total. The van der Waals surface area contributed by atoms with E-state index in [9.17, 15) is 10.1 Å². The Bertz CT molecular complexity index is 1150. The molecule has 11 nitrogen and oxygen atoms in total. The topological polar surface area (TPSA) is 141 Å². The van der Waals surface area contributed by atoms with Crippen LogP contribution in [0.2, 0.25) is 0 Å². The van der Waals surface area contributed by atoms with Gasteiger partial charge in [-0.1, -0.05) is 29.8 Å². The molecular formula is C24H29N7O4. The fraction of sp³-hybridized carbons (Fsp3) is 0.333. The SMILES string of the molecule is COc1ccc(C(CNc2nc(N)c([N+](=O)[O-])c(Nc3ccc(C)cc3)n2)N2CCOCC2)cc1. The summed E-state index contributed by atoms with van der Waals surface area (Å²) in [4.78, 5) is 22.0. The molecule has 1 unspecified atom stereocenters. The molecule has 1 saturated heterocycles. The molecule has 1 aliphatic rings. The number of ether oxygens (including phenoxy) is 2. The number of nitrogens with zero attached hydrogens (tertiary/aromatic N) is 4. The van der Waals surface area contributed by atoms with Gasteiger partial charge in [-0.15, -0.1) is 0 Å². The van der Waals surface area contributed by atoms with Crippen molar-refractivity contribution < 1.29 is 14.4 Å². The maximum absolute atomic E-state index is 11.7. The summed E-state index contributed by atoms with van der Waals surface area (Å²) in [5, 5.41) is 17.9. The van der Waals surface area contributed by atoms with Crippen LogP contribution in [0.3, 0.4) is 0 Å². The first-order valence-corrected chi connectivity index (χ1v) is 11.3. The van der Waals surface area contributed by atoms with E-state index in [0.717, 1.165) is 30.0 Å². The average Bonchev–Trinajstić information content (AvgIpc) is 2.86. The lowest BCUT2D eigenvalue weighted by Crippen LogP contribution is -2.41. The van der Waals surface area contributed by atoms with Crippen molar-refractivity contribution in [2.75, 3.05) is 56.3 Å². The maximum Gasteiger partial charge on any atom is 0.353 e. The summed E-state index contributed by atoms with van der Waals surface area (Å²) < 4.78 is 10.8. The number of rotatable bonds is 9. The number of anilines is 4. The van der Waals surface area contributed by atoms with Crippen LogP contribution in [0, 0.1) is 17.0 Å². The number of hydrogen-bond donors (Lipinski definition) is 3. The normalized spacial score (nSPS) is 14.8. The Morgan fingerprint density at radius 2 is 1.83 bits per heavy atom. The largest absolute Gasteiger partial charge is 0.497 e. The van der Waals surface area contributed by atoms with E-state index >= 15 is 0 Å². The van der Waals surface area contributed by atoms with Crippen molar-refractivity contribution in [3.63, 3.8) is 0 Å². The predicted octanol–water partition coefficient (Wildman–Crippen LogP) is 3.51. The molecule has 2 heterocycles. The molecule has 3 aromatic rings. The number of nitrogens with one attached hydrogen (secondary N) is 2. The maximum atomic E-state index is 11.7. The second-order valence-electron chi connectivity index (χ2n) is 8.20. The Morgan fingerprint density at radius 3 is 2.46 bits per heavy atom. The molecule has 184 valence electrons. The third-order valence-electron chi connectivity index (χ3n) is 5.85. The van der Waals surface area contributed by atoms with E-state index < -0.39 is 4.92 Å². The van der Waals surface area contributed by atoms with Crippen LogP contribution >= 0.6 is 0 Å². The number of nitrogens with two attached hydrogens (primary N) is 1. The third-order valence-corrected chi connectivity index (χ3v) is 5.85. The summed E-state index contributed by atoms with van der Waals surface area (Å²) in [7, 11) is 1.63. The second kappa shape index (κ2) is 11.0. The predicted molar refractivity (Wildman–Crippen MR) is 134 cm³/mol. The molecule has 35 heavy (non-hydrogen) atoms. The van der Waals surface area contributed by atoms with Gasteiger partial charge in [0.05, 0.1) is 31.3 Å². The Morgan fingerprint density at radius 1 is 1.14 bits per heavy atom. The molecule has 1 fully saturated rings. The van der Waals surface area contributed by atoms with Crippen molar-refractivity contribution in [2.45, 2.75) is 13.0 Å². The van der Waals surface area contributed by atoms with Gasteiger partial charge in [0, 0.05) is 25.3 Å². The summed E-state index contributed by atoms with van der Waals surface area (Å²) in [6.45, 7) is 5.29. The number of aryl methyl sites for hydroxylation is 1. The van der Waals surface area contributed by atoms with Crippen LogP contribution in [-0.4, -0.2) is 59.7 Å². The van der Waals surface area contributed by atoms with E-state index in [4.69, 9.17) is 15.2 Å². The van der Waals surface area contributed by atoms with Crippen LogP contribution < -0.4 is 21.1 Å². The van der Waals surface area contributed by atoms with Crippen LogP contribution in [0.15, 0.2) is 48.5 Å². The standard InChI is InChI=1S/C24H29N7O4/c1-16-3-7-18(8-4-16)27-23-21(31(32)33)22(25)28-24(29-23)26-15-20(30-11-13-35-14-12-30)17-5-9-19(34-2)10-6-17/h3-10,20H,11-15H2,1-2H3,(H4,25,26,27,28,29). The molecule has 1 atom stereocenters. The monoisotopic (exact) mass is 479 g/mol. The van der Waals surface area contributed by atoms with E-state index in [1.807, 2.05) is 55.5 Å². The van der Waals surface area contributed by atoms with Crippen molar-refractivity contribution >= 4 is 29.0 Å². The van der Waals surface area contributed by atoms with E-state index in [1.54, 1.807) is 7.11 Å². The number of nitro groups is 1. The molecule has 2 aromatic carbocycles. The number of hydrogen-bond acceptors (Lipinski definition) is 10. The summed E-state index contributed by atoms with van der Waals surface area (Å²) in [5.41, 5.74) is 8.44. The van der Waals surface area contributed by atoms with Gasteiger partial charge in [-0.3, -0.25) is 15.0 Å². The lowest BCUT2D eigenvalue weighted by Gasteiger charge is -2.35. The number of methoxy groups -OCH3 is 1. The minimum absolute atomic E-state index is 0.00155. The Balaban J connectivity index is 1.59. The highest BCUT2D eigenvalue weighted by Gasteiger charge is 2.26. The molecule has 4 rings (SSSR count). The van der Waals surface area contributed by atoms with Crippen molar-refractivity contribution in [1.82, 2.24) is 14.9 Å². The molecule has 0 radical (unpaired) electrons. The Hall–Kier alpha value is -3.96. The summed E-state index contributed by atoms with van der Waals surface area (Å²) in [6, 6.07) is 15.3. The number of nitrogen functional groups attached to an aromatic ring is 1. The van der Waals surface area contributed by atoms with Crippen molar-refractivity contribution in [1.29, 1.82) is 0 Å². The highest BCUT2D eigenvalue weighted by molar-refractivity contribution is 5.74. The summed E-state index contributed by atoms with van der Waals surface area (Å²) in [5.74, 6) is 0.797. The van der Waals surface area contributed by atoms with Crippen LogP contribution in [0.25, 0.3) is 0 Å². The molecule has 1 aliphatic heterocycles. The van der Waals surface area contributed by atoms with Gasteiger partial charge >= 0.3 is 5.69 Å². The van der Waals surface area contributed by atoms with Gasteiger partial charge in [-0.05, 0) is 36.8 Å². The summed E-state index contributed by atoms with van der Waals surface area (Å²) >= 11 is 0. The first kappa shape index (κ1) is 24.2.